The van der Waals surface area contributed by atoms with E-state index in [1.165, 1.54) is 36.4 Å². The molecule has 24 heavy (non-hydrogen) atoms. The zero-order valence-corrected chi connectivity index (χ0v) is 14.3. The summed E-state index contributed by atoms with van der Waals surface area (Å²) in [5.41, 5.74) is 1.17. The Balaban J connectivity index is 2.25. The predicted molar refractivity (Wildman–Crippen MR) is 90.4 cm³/mol. The average molecular weight is 362 g/mol. The molecule has 0 radical (unpaired) electrons. The topological polar surface area (TPSA) is 104 Å². The number of hydrogen-bond acceptors (Lipinski definition) is 5. The number of hydrogen-bond donors (Lipinski definition) is 1. The monoisotopic (exact) mass is 362 g/mol. The fraction of sp³-hybridized carbons (Fsp3) is 0.0625. The lowest BCUT2D eigenvalue weighted by atomic mass is 10.2. The Morgan fingerprint density at radius 1 is 0.917 bits per heavy atom. The van der Waals surface area contributed by atoms with Crippen LogP contribution in [-0.4, -0.2) is 16.8 Å². The highest BCUT2D eigenvalue weighted by Crippen LogP contribution is 2.19. The maximum Gasteiger partial charge on any atom is 0.261 e. The molecule has 0 spiro atoms. The van der Waals surface area contributed by atoms with Gasteiger partial charge in [0.15, 0.2) is 0 Å². The summed E-state index contributed by atoms with van der Waals surface area (Å²) in [6, 6.07) is 13.2. The summed E-state index contributed by atoms with van der Waals surface area (Å²) >= 11 is 0. The lowest BCUT2D eigenvalue weighted by molar-refractivity contribution is 0.601. The van der Waals surface area contributed by atoms with Gasteiger partial charge in [-0.3, -0.25) is 4.72 Å². The number of anilines is 1. The minimum Gasteiger partial charge on any atom is -0.280 e. The first kappa shape index (κ1) is 17.7. The summed E-state index contributed by atoms with van der Waals surface area (Å²) in [7, 11) is -7.47. The first-order valence-electron chi connectivity index (χ1n) is 6.75. The fourth-order valence-corrected chi connectivity index (χ4v) is 3.81. The third kappa shape index (κ3) is 4.22. The van der Waals surface area contributed by atoms with E-state index in [9.17, 15) is 16.8 Å². The number of sulfonamides is 1. The van der Waals surface area contributed by atoms with Crippen molar-refractivity contribution < 1.29 is 16.8 Å². The van der Waals surface area contributed by atoms with Crippen LogP contribution in [0, 0.1) is 18.3 Å². The third-order valence-electron chi connectivity index (χ3n) is 3.09. The number of aryl methyl sites for hydroxylation is 1. The van der Waals surface area contributed by atoms with Crippen molar-refractivity contribution >= 4 is 25.5 Å². The molecule has 0 aliphatic rings. The molecule has 2 aromatic rings. The van der Waals surface area contributed by atoms with Crippen molar-refractivity contribution in [2.75, 3.05) is 4.72 Å². The number of benzene rings is 2. The Labute approximate surface area is 141 Å². The maximum absolute atomic E-state index is 12.3. The molecule has 0 saturated heterocycles. The van der Waals surface area contributed by atoms with Crippen LogP contribution in [0.5, 0.6) is 0 Å². The van der Waals surface area contributed by atoms with Crippen molar-refractivity contribution in [2.45, 2.75) is 16.7 Å². The highest BCUT2D eigenvalue weighted by atomic mass is 32.2. The van der Waals surface area contributed by atoms with E-state index < -0.39 is 19.9 Å². The van der Waals surface area contributed by atoms with E-state index in [-0.39, 0.29) is 15.5 Å². The van der Waals surface area contributed by atoms with Crippen LogP contribution in [0.15, 0.2) is 69.8 Å². The van der Waals surface area contributed by atoms with E-state index in [1.807, 2.05) is 6.92 Å². The summed E-state index contributed by atoms with van der Waals surface area (Å²) in [5.74, 6) is 0. The van der Waals surface area contributed by atoms with Crippen molar-refractivity contribution in [1.82, 2.24) is 0 Å². The third-order valence-corrected chi connectivity index (χ3v) is 5.91. The van der Waals surface area contributed by atoms with Crippen molar-refractivity contribution in [3.05, 3.63) is 65.6 Å². The Hall–Kier alpha value is -2.63. The van der Waals surface area contributed by atoms with Gasteiger partial charge >= 0.3 is 0 Å². The molecule has 124 valence electrons. The van der Waals surface area contributed by atoms with Gasteiger partial charge < -0.3 is 0 Å². The first-order chi connectivity index (χ1) is 11.2. The molecule has 0 aliphatic carbocycles. The van der Waals surface area contributed by atoms with Crippen LogP contribution in [0.3, 0.4) is 0 Å². The number of nitrogens with one attached hydrogen (secondary N) is 1. The minimum absolute atomic E-state index is 0.0349. The van der Waals surface area contributed by atoms with Gasteiger partial charge in [0, 0.05) is 17.2 Å². The molecular formula is C16H14N2O4S2. The molecule has 2 aromatic carbocycles. The first-order valence-corrected chi connectivity index (χ1v) is 9.78. The number of rotatable bonds is 5. The smallest absolute Gasteiger partial charge is 0.261 e. The van der Waals surface area contributed by atoms with E-state index in [4.69, 9.17) is 5.26 Å². The number of allylic oxidation sites excluding steroid dienone is 1. The Bertz CT molecular complexity index is 999. The van der Waals surface area contributed by atoms with Crippen molar-refractivity contribution in [1.29, 1.82) is 5.26 Å². The highest BCUT2D eigenvalue weighted by molar-refractivity contribution is 7.94. The Morgan fingerprint density at radius 2 is 1.46 bits per heavy atom. The number of sulfone groups is 1. The van der Waals surface area contributed by atoms with Gasteiger partial charge in [-0.2, -0.15) is 5.26 Å². The van der Waals surface area contributed by atoms with Gasteiger partial charge in [0.25, 0.3) is 10.0 Å². The summed E-state index contributed by atoms with van der Waals surface area (Å²) < 4.78 is 50.6. The molecule has 0 heterocycles. The molecule has 2 rings (SSSR count). The molecule has 0 amide bonds. The number of nitrogens with zero attached hydrogens (tertiary/aromatic N) is 1. The summed E-state index contributed by atoms with van der Waals surface area (Å²) in [6.07, 6.45) is 0.864. The van der Waals surface area contributed by atoms with Gasteiger partial charge in [0.05, 0.1) is 15.9 Å². The Kier molecular flexibility index (Phi) is 5.07. The number of nitriles is 1. The zero-order valence-electron chi connectivity index (χ0n) is 12.7. The second-order valence-electron chi connectivity index (χ2n) is 4.92. The fourth-order valence-electron chi connectivity index (χ4n) is 1.84. The van der Waals surface area contributed by atoms with Gasteiger partial charge in [-0.1, -0.05) is 17.7 Å². The largest absolute Gasteiger partial charge is 0.280 e. The quantitative estimate of drug-likeness (QED) is 0.823. The van der Waals surface area contributed by atoms with Crippen LogP contribution < -0.4 is 4.72 Å². The minimum atomic E-state index is -3.75. The molecule has 0 unspecified atom stereocenters. The predicted octanol–water partition coefficient (Wildman–Crippen LogP) is 2.61. The maximum atomic E-state index is 12.3. The summed E-state index contributed by atoms with van der Waals surface area (Å²) in [4.78, 5) is 0.0778. The summed E-state index contributed by atoms with van der Waals surface area (Å²) in [5, 5.41) is 9.19. The SMILES string of the molecule is Cc1ccc(S(=O)(=O)Nc2ccc(S(=O)(=O)/C=C/C#N)cc2)cc1. The molecule has 0 saturated carbocycles. The van der Waals surface area contributed by atoms with Gasteiger partial charge in [-0.25, -0.2) is 16.8 Å². The lowest BCUT2D eigenvalue weighted by Gasteiger charge is -2.09. The lowest BCUT2D eigenvalue weighted by Crippen LogP contribution is -2.13. The van der Waals surface area contributed by atoms with E-state index >= 15 is 0 Å². The van der Waals surface area contributed by atoms with Crippen LogP contribution in [0.2, 0.25) is 0 Å². The molecule has 1 N–H and O–H groups in total. The van der Waals surface area contributed by atoms with Crippen molar-refractivity contribution in [3.8, 4) is 6.07 Å². The zero-order chi connectivity index (χ0) is 17.8. The molecule has 0 aromatic heterocycles. The van der Waals surface area contributed by atoms with Gasteiger partial charge in [-0.15, -0.1) is 0 Å². The second-order valence-corrected chi connectivity index (χ2v) is 8.44. The van der Waals surface area contributed by atoms with Crippen LogP contribution in [0.4, 0.5) is 5.69 Å². The van der Waals surface area contributed by atoms with E-state index in [2.05, 4.69) is 4.72 Å². The molecular weight excluding hydrogens is 348 g/mol. The highest BCUT2D eigenvalue weighted by Gasteiger charge is 2.15. The molecule has 0 bridgehead atoms. The van der Waals surface area contributed by atoms with E-state index in [0.717, 1.165) is 17.0 Å². The molecule has 6 nitrogen and oxygen atoms in total. The molecule has 8 heteroatoms. The van der Waals surface area contributed by atoms with Crippen molar-refractivity contribution in [2.24, 2.45) is 0 Å². The van der Waals surface area contributed by atoms with Gasteiger partial charge in [0.1, 0.15) is 0 Å². The normalized spacial score (nSPS) is 12.0. The van der Waals surface area contributed by atoms with Gasteiger partial charge in [-0.05, 0) is 43.3 Å². The molecule has 0 aliphatic heterocycles. The average Bonchev–Trinajstić information content (AvgIpc) is 2.53. The standard InChI is InChI=1S/C16H14N2O4S2/c1-13-3-7-16(8-4-13)24(21,22)18-14-5-9-15(10-6-14)23(19,20)12-2-11-17/h2-10,12,18H,1H3/b12-2+. The molecule has 0 atom stereocenters. The molecule has 0 fully saturated rings. The van der Waals surface area contributed by atoms with E-state index in [0.29, 0.717) is 0 Å². The van der Waals surface area contributed by atoms with Crippen LogP contribution in [-0.2, 0) is 19.9 Å². The van der Waals surface area contributed by atoms with Gasteiger partial charge in [0.2, 0.25) is 9.84 Å². The van der Waals surface area contributed by atoms with Crippen LogP contribution >= 0.6 is 0 Å². The van der Waals surface area contributed by atoms with E-state index in [1.54, 1.807) is 18.2 Å². The van der Waals surface area contributed by atoms with Crippen LogP contribution in [0.1, 0.15) is 5.56 Å². The van der Waals surface area contributed by atoms with Crippen molar-refractivity contribution in [3.63, 3.8) is 0 Å². The second kappa shape index (κ2) is 6.86. The summed E-state index contributed by atoms with van der Waals surface area (Å²) in [6.45, 7) is 1.85. The van der Waals surface area contributed by atoms with Crippen LogP contribution in [0.25, 0.3) is 0 Å². The Morgan fingerprint density at radius 3 is 2.00 bits per heavy atom.